The molecule has 4 heterocycles. The molecule has 0 aliphatic heterocycles. The Balaban J connectivity index is 1.10. The number of aromatic nitrogens is 4. The number of hydrogen-bond donors (Lipinski definition) is 0. The van der Waals surface area contributed by atoms with Crippen molar-refractivity contribution in [1.82, 2.24) is 19.5 Å². The highest BCUT2D eigenvalue weighted by atomic mass is 16.3. The monoisotopic (exact) mass is 882 g/mol. The van der Waals surface area contributed by atoms with Crippen LogP contribution in [-0.4, -0.2) is 19.5 Å². The summed E-state index contributed by atoms with van der Waals surface area (Å²) in [5.41, 5.74) is 15.2. The first kappa shape index (κ1) is 38.8. The molecule has 0 spiro atoms. The summed E-state index contributed by atoms with van der Waals surface area (Å²) in [5.74, 6) is 1.64. The summed E-state index contributed by atoms with van der Waals surface area (Å²) in [6.07, 6.45) is 0. The minimum absolute atomic E-state index is 0.522. The summed E-state index contributed by atoms with van der Waals surface area (Å²) < 4.78 is 16.0. The van der Waals surface area contributed by atoms with Crippen LogP contribution in [0.1, 0.15) is 0 Å². The van der Waals surface area contributed by atoms with Gasteiger partial charge in [-0.15, -0.1) is 0 Å². The molecule has 0 radical (unpaired) electrons. The highest BCUT2D eigenvalue weighted by Gasteiger charge is 2.27. The van der Waals surface area contributed by atoms with Gasteiger partial charge < -0.3 is 13.4 Å². The van der Waals surface area contributed by atoms with E-state index in [9.17, 15) is 0 Å². The highest BCUT2D eigenvalue weighted by molar-refractivity contribution is 6.22. The molecule has 0 fully saturated rings. The molecular formula is C63H38N4O2. The fourth-order valence-corrected chi connectivity index (χ4v) is 10.3. The molecule has 4 aromatic heterocycles. The lowest BCUT2D eigenvalue weighted by Gasteiger charge is -2.16. The number of furan rings is 2. The SMILES string of the molecule is c1ccc(-c2ccc(-c3nc(-c4cccc(-c5ccccc5)c4)nc(-c4c(-n5c6ccccc6c6ccccc65)ccc5oc6cccc(-c7cccc8c7oc7ccccc78)c6c45)n3)cc2)cc1. The Morgan fingerprint density at radius 3 is 1.57 bits per heavy atom. The Bertz CT molecular complexity index is 4250. The third-order valence-electron chi connectivity index (χ3n) is 13.5. The normalized spacial score (nSPS) is 11.8. The average Bonchev–Trinajstić information content (AvgIpc) is 4.11. The highest BCUT2D eigenvalue weighted by Crippen LogP contribution is 2.47. The van der Waals surface area contributed by atoms with E-state index in [0.29, 0.717) is 17.5 Å². The van der Waals surface area contributed by atoms with E-state index in [1.54, 1.807) is 0 Å². The first-order valence-corrected chi connectivity index (χ1v) is 23.2. The van der Waals surface area contributed by atoms with Crippen LogP contribution in [0.15, 0.2) is 239 Å². The number of benzene rings is 10. The summed E-state index contributed by atoms with van der Waals surface area (Å²) in [5, 5.41) is 6.28. The molecule has 0 N–H and O–H groups in total. The van der Waals surface area contributed by atoms with Gasteiger partial charge in [-0.2, -0.15) is 0 Å². The van der Waals surface area contributed by atoms with Crippen molar-refractivity contribution in [2.75, 3.05) is 0 Å². The molecule has 322 valence electrons. The summed E-state index contributed by atoms with van der Waals surface area (Å²) >= 11 is 0. The van der Waals surface area contributed by atoms with Crippen LogP contribution >= 0.6 is 0 Å². The molecule has 0 bridgehead atoms. The molecule has 0 unspecified atom stereocenters. The Morgan fingerprint density at radius 2 is 0.812 bits per heavy atom. The van der Waals surface area contributed by atoms with E-state index < -0.39 is 0 Å². The molecule has 0 aliphatic carbocycles. The summed E-state index contributed by atoms with van der Waals surface area (Å²) in [7, 11) is 0. The Kier molecular flexibility index (Phi) is 8.79. The number of hydrogen-bond acceptors (Lipinski definition) is 5. The lowest BCUT2D eigenvalue weighted by molar-refractivity contribution is 0.668. The van der Waals surface area contributed by atoms with Gasteiger partial charge in [-0.05, 0) is 70.3 Å². The topological polar surface area (TPSA) is 69.9 Å². The van der Waals surface area contributed by atoms with Gasteiger partial charge in [0.2, 0.25) is 0 Å². The van der Waals surface area contributed by atoms with Crippen molar-refractivity contribution in [2.45, 2.75) is 0 Å². The molecular weight excluding hydrogens is 845 g/mol. The predicted octanol–water partition coefficient (Wildman–Crippen LogP) is 16.8. The molecule has 6 heteroatoms. The van der Waals surface area contributed by atoms with Crippen molar-refractivity contribution in [3.8, 4) is 73.2 Å². The largest absolute Gasteiger partial charge is 0.456 e. The molecule has 0 saturated carbocycles. The van der Waals surface area contributed by atoms with Crippen molar-refractivity contribution < 1.29 is 8.83 Å². The van der Waals surface area contributed by atoms with Crippen LogP contribution in [0.25, 0.3) is 139 Å². The molecule has 0 saturated heterocycles. The fraction of sp³-hybridized carbons (Fsp3) is 0. The molecule has 0 amide bonds. The fourth-order valence-electron chi connectivity index (χ4n) is 10.3. The van der Waals surface area contributed by atoms with Crippen LogP contribution in [0.3, 0.4) is 0 Å². The quantitative estimate of drug-likeness (QED) is 0.159. The van der Waals surface area contributed by atoms with Crippen LogP contribution in [0, 0.1) is 0 Å². The van der Waals surface area contributed by atoms with Crippen LogP contribution in [0.4, 0.5) is 0 Å². The second-order valence-corrected chi connectivity index (χ2v) is 17.5. The first-order chi connectivity index (χ1) is 34.2. The zero-order chi connectivity index (χ0) is 45.4. The van der Waals surface area contributed by atoms with Gasteiger partial charge in [0.05, 0.1) is 22.3 Å². The lowest BCUT2D eigenvalue weighted by atomic mass is 9.95. The molecule has 10 aromatic carbocycles. The number of nitrogens with zero attached hydrogens (tertiary/aromatic N) is 4. The number of rotatable bonds is 7. The van der Waals surface area contributed by atoms with Crippen LogP contribution < -0.4 is 0 Å². The minimum Gasteiger partial charge on any atom is -0.456 e. The zero-order valence-corrected chi connectivity index (χ0v) is 37.0. The second-order valence-electron chi connectivity index (χ2n) is 17.5. The van der Waals surface area contributed by atoms with E-state index in [0.717, 1.165) is 121 Å². The summed E-state index contributed by atoms with van der Waals surface area (Å²) in [4.78, 5) is 16.4. The average molecular weight is 883 g/mol. The predicted molar refractivity (Wildman–Crippen MR) is 281 cm³/mol. The Morgan fingerprint density at radius 1 is 0.304 bits per heavy atom. The van der Waals surface area contributed by atoms with E-state index in [1.165, 1.54) is 0 Å². The summed E-state index contributed by atoms with van der Waals surface area (Å²) in [6, 6.07) is 80.2. The van der Waals surface area contributed by atoms with Gasteiger partial charge in [0.25, 0.3) is 0 Å². The third kappa shape index (κ3) is 6.30. The molecule has 6 nitrogen and oxygen atoms in total. The van der Waals surface area contributed by atoms with Gasteiger partial charge in [-0.3, -0.25) is 0 Å². The van der Waals surface area contributed by atoms with E-state index in [-0.39, 0.29) is 0 Å². The van der Waals surface area contributed by atoms with Crippen LogP contribution in [-0.2, 0) is 0 Å². The van der Waals surface area contributed by atoms with E-state index in [4.69, 9.17) is 23.8 Å². The van der Waals surface area contributed by atoms with Gasteiger partial charge in [0.15, 0.2) is 17.5 Å². The summed E-state index contributed by atoms with van der Waals surface area (Å²) in [6.45, 7) is 0. The van der Waals surface area contributed by atoms with Crippen LogP contribution in [0.2, 0.25) is 0 Å². The molecule has 69 heavy (non-hydrogen) atoms. The Labute approximate surface area is 396 Å². The minimum atomic E-state index is 0.522. The molecule has 0 aliphatic rings. The lowest BCUT2D eigenvalue weighted by Crippen LogP contribution is -2.04. The van der Waals surface area contributed by atoms with Crippen molar-refractivity contribution in [2.24, 2.45) is 0 Å². The molecule has 14 rings (SSSR count). The van der Waals surface area contributed by atoms with E-state index in [1.807, 2.05) is 24.3 Å². The van der Waals surface area contributed by atoms with E-state index in [2.05, 4.69) is 211 Å². The van der Waals surface area contributed by atoms with Gasteiger partial charge in [0, 0.05) is 49.0 Å². The van der Waals surface area contributed by atoms with Crippen LogP contribution in [0.5, 0.6) is 0 Å². The third-order valence-corrected chi connectivity index (χ3v) is 13.5. The van der Waals surface area contributed by atoms with Crippen molar-refractivity contribution in [3.05, 3.63) is 231 Å². The number of fused-ring (bicyclic) bond motifs is 9. The van der Waals surface area contributed by atoms with Gasteiger partial charge in [-0.25, -0.2) is 15.0 Å². The van der Waals surface area contributed by atoms with Gasteiger partial charge in [0.1, 0.15) is 22.3 Å². The van der Waals surface area contributed by atoms with E-state index >= 15 is 0 Å². The maximum Gasteiger partial charge on any atom is 0.166 e. The smallest absolute Gasteiger partial charge is 0.166 e. The molecule has 14 aromatic rings. The maximum absolute atomic E-state index is 6.93. The van der Waals surface area contributed by atoms with Crippen molar-refractivity contribution in [1.29, 1.82) is 0 Å². The second kappa shape index (κ2) is 15.6. The standard InChI is InChI=1S/C63H38N4O2/c1-3-16-39(17-4-1)41-32-34-42(35-33-41)61-64-62(44-21-13-20-43(38-44)40-18-5-2-6-19-40)66-63(65-61)58-53(67-51-28-10-7-22-45(51)46-23-8-11-29-52(46)67)36-37-56-59(58)57-48(25-15-31-55(57)68-56)50-27-14-26-49-47-24-9-12-30-54(47)69-60(49)50/h1-38H. The first-order valence-electron chi connectivity index (χ1n) is 23.2. The van der Waals surface area contributed by atoms with Gasteiger partial charge in [-0.1, -0.05) is 188 Å². The van der Waals surface area contributed by atoms with Crippen molar-refractivity contribution >= 4 is 65.7 Å². The zero-order valence-electron chi connectivity index (χ0n) is 37.0. The van der Waals surface area contributed by atoms with Gasteiger partial charge >= 0.3 is 0 Å². The number of para-hydroxylation sites is 4. The maximum atomic E-state index is 6.93. The Hall–Kier alpha value is -9.39. The van der Waals surface area contributed by atoms with Crippen molar-refractivity contribution in [3.63, 3.8) is 0 Å². The molecule has 0 atom stereocenters.